The first-order chi connectivity index (χ1) is 17.7. The second-order valence-corrected chi connectivity index (χ2v) is 10.9. The molecule has 3 heterocycles. The van der Waals surface area contributed by atoms with Crippen molar-refractivity contribution in [1.29, 1.82) is 0 Å². The van der Waals surface area contributed by atoms with Crippen LogP contribution in [0, 0.1) is 25.6 Å². The molecule has 5 N–H and O–H groups in total. The highest BCUT2D eigenvalue weighted by molar-refractivity contribution is 7.21. The van der Waals surface area contributed by atoms with Crippen molar-refractivity contribution in [3.8, 4) is 10.6 Å². The number of nitrogens with zero attached hydrogens (tertiary/aromatic N) is 4. The van der Waals surface area contributed by atoms with Crippen LogP contribution in [0.4, 0.5) is 16.2 Å². The van der Waals surface area contributed by atoms with E-state index in [0.29, 0.717) is 34.5 Å². The summed E-state index contributed by atoms with van der Waals surface area (Å²) >= 11 is 1.49. The Labute approximate surface area is 216 Å². The van der Waals surface area contributed by atoms with Crippen LogP contribution < -0.4 is 10.6 Å². The average molecular weight is 523 g/mol. The molecule has 37 heavy (non-hydrogen) atoms. The molecular formula is C26H27FN6O3S. The largest absolute Gasteiger partial charge is 0.390 e. The molecule has 192 valence electrons. The predicted molar refractivity (Wildman–Crippen MR) is 139 cm³/mol. The lowest BCUT2D eigenvalue weighted by Gasteiger charge is -2.25. The third kappa shape index (κ3) is 3.93. The summed E-state index contributed by atoms with van der Waals surface area (Å²) < 4.78 is 14.7. The van der Waals surface area contributed by atoms with E-state index in [1.54, 1.807) is 12.3 Å². The van der Waals surface area contributed by atoms with Gasteiger partial charge >= 0.3 is 0 Å². The van der Waals surface area contributed by atoms with Gasteiger partial charge in [-0.1, -0.05) is 12.1 Å². The van der Waals surface area contributed by atoms with Gasteiger partial charge in [0.1, 0.15) is 33.9 Å². The summed E-state index contributed by atoms with van der Waals surface area (Å²) in [5.74, 6) is 0.0778. The van der Waals surface area contributed by atoms with Crippen molar-refractivity contribution in [3.63, 3.8) is 0 Å². The molecule has 4 aromatic rings. The van der Waals surface area contributed by atoms with Gasteiger partial charge in [-0.15, -0.1) is 11.3 Å². The maximum atomic E-state index is 13.8. The molecule has 1 aromatic carbocycles. The maximum Gasteiger partial charge on any atom is 0.225 e. The summed E-state index contributed by atoms with van der Waals surface area (Å²) in [6, 6.07) is 7.46. The Morgan fingerprint density at radius 1 is 1.11 bits per heavy atom. The lowest BCUT2D eigenvalue weighted by atomic mass is 10.1. The van der Waals surface area contributed by atoms with Crippen LogP contribution in [0.25, 0.3) is 20.8 Å². The van der Waals surface area contributed by atoms with Crippen LogP contribution in [-0.4, -0.2) is 59.1 Å². The van der Waals surface area contributed by atoms with Crippen LogP contribution in [0.15, 0.2) is 36.5 Å². The minimum absolute atomic E-state index is 0.273. The van der Waals surface area contributed by atoms with Crippen LogP contribution in [0.2, 0.25) is 0 Å². The Hall–Kier alpha value is -3.25. The monoisotopic (exact) mass is 522 g/mol. The molecule has 3 aromatic heterocycles. The summed E-state index contributed by atoms with van der Waals surface area (Å²) in [6.45, 7) is 5.66. The molecular weight excluding hydrogens is 495 g/mol. The third-order valence-electron chi connectivity index (χ3n) is 7.51. The predicted octanol–water partition coefficient (Wildman–Crippen LogP) is 3.34. The van der Waals surface area contributed by atoms with Crippen LogP contribution in [0.3, 0.4) is 0 Å². The fourth-order valence-electron chi connectivity index (χ4n) is 5.34. The molecule has 0 aliphatic heterocycles. The number of aromatic nitrogens is 4. The fourth-order valence-corrected chi connectivity index (χ4v) is 6.45. The van der Waals surface area contributed by atoms with Crippen LogP contribution >= 0.6 is 11.3 Å². The van der Waals surface area contributed by atoms with E-state index >= 15 is 0 Å². The molecule has 0 bridgehead atoms. The highest BCUT2D eigenvalue weighted by Crippen LogP contribution is 2.56. The zero-order valence-electron chi connectivity index (χ0n) is 20.5. The molecule has 6 rings (SSSR count). The van der Waals surface area contributed by atoms with Gasteiger partial charge in [0.2, 0.25) is 5.95 Å². The molecule has 2 aliphatic carbocycles. The first-order valence-electron chi connectivity index (χ1n) is 12.1. The zero-order valence-corrected chi connectivity index (χ0v) is 21.3. The molecule has 2 fully saturated rings. The topological polar surface area (TPSA) is 136 Å². The van der Waals surface area contributed by atoms with Gasteiger partial charge in [0, 0.05) is 12.1 Å². The summed E-state index contributed by atoms with van der Waals surface area (Å²) in [6.07, 6.45) is 0.0688. The SMILES string of the molecule is Cc1nc(N[C@H](C)c2cccc(F)c2)nc(N[C@@H]2C[C@@H]3C(O)[C@]3(O)[C@H]2O)c1-c1nc2c(C)nccc2s1. The Balaban J connectivity index is 1.39. The quantitative estimate of drug-likeness (QED) is 0.258. The molecule has 2 saturated carbocycles. The van der Waals surface area contributed by atoms with Crippen molar-refractivity contribution in [2.45, 2.75) is 57.1 Å². The van der Waals surface area contributed by atoms with Crippen LogP contribution in [-0.2, 0) is 0 Å². The van der Waals surface area contributed by atoms with Crippen LogP contribution in [0.5, 0.6) is 0 Å². The molecule has 0 saturated heterocycles. The standard InChI is InChI=1S/C26H27FN6O3S/c1-11(14-5-4-6-15(27)9-14)29-25-30-12(2)19(24-32-20-13(3)28-8-7-18(20)37-24)23(33-25)31-17-10-16-21(34)26(16,36)22(17)35/h4-9,11,16-17,21-22,34-36H,10H2,1-3H3,(H2,29,30,31,33)/t11-,16-,17-,21?,22+,26+/m1/s1. The van der Waals surface area contributed by atoms with E-state index in [1.807, 2.05) is 32.9 Å². The number of nitrogens with one attached hydrogen (secondary N) is 2. The Kier molecular flexibility index (Phi) is 5.64. The van der Waals surface area contributed by atoms with Gasteiger partial charge in [0.05, 0.1) is 39.8 Å². The number of aliphatic hydroxyl groups excluding tert-OH is 2. The van der Waals surface area contributed by atoms with Gasteiger partial charge in [-0.05, 0) is 51.0 Å². The van der Waals surface area contributed by atoms with Crippen molar-refractivity contribution >= 4 is 33.3 Å². The molecule has 6 atom stereocenters. The number of pyridine rings is 1. The number of hydrogen-bond acceptors (Lipinski definition) is 10. The van der Waals surface area contributed by atoms with E-state index in [9.17, 15) is 19.7 Å². The highest BCUT2D eigenvalue weighted by atomic mass is 32.1. The number of anilines is 2. The van der Waals surface area contributed by atoms with E-state index in [-0.39, 0.29) is 17.8 Å². The second-order valence-electron chi connectivity index (χ2n) is 9.91. The molecule has 0 amide bonds. The minimum atomic E-state index is -1.49. The van der Waals surface area contributed by atoms with Gasteiger partial charge in [0.15, 0.2) is 0 Å². The van der Waals surface area contributed by atoms with Crippen molar-refractivity contribution in [2.24, 2.45) is 5.92 Å². The van der Waals surface area contributed by atoms with Gasteiger partial charge < -0.3 is 26.0 Å². The highest BCUT2D eigenvalue weighted by Gasteiger charge is 2.74. The zero-order chi connectivity index (χ0) is 26.1. The first-order valence-corrected chi connectivity index (χ1v) is 13.0. The number of fused-ring (bicyclic) bond motifs is 2. The lowest BCUT2D eigenvalue weighted by Crippen LogP contribution is -2.42. The van der Waals surface area contributed by atoms with Crippen molar-refractivity contribution < 1.29 is 19.7 Å². The van der Waals surface area contributed by atoms with Gasteiger partial charge in [-0.2, -0.15) is 4.98 Å². The van der Waals surface area contributed by atoms with E-state index in [2.05, 4.69) is 20.6 Å². The number of hydrogen-bond donors (Lipinski definition) is 5. The van der Waals surface area contributed by atoms with Crippen molar-refractivity contribution in [1.82, 2.24) is 19.9 Å². The summed E-state index contributed by atoms with van der Waals surface area (Å²) in [5, 5.41) is 38.6. The number of aryl methyl sites for hydroxylation is 2. The summed E-state index contributed by atoms with van der Waals surface area (Å²) in [7, 11) is 0. The Morgan fingerprint density at radius 2 is 1.92 bits per heavy atom. The summed E-state index contributed by atoms with van der Waals surface area (Å²) in [5.41, 5.74) is 2.21. The van der Waals surface area contributed by atoms with Gasteiger partial charge in [0.25, 0.3) is 0 Å². The van der Waals surface area contributed by atoms with E-state index in [4.69, 9.17) is 9.97 Å². The molecule has 0 radical (unpaired) electrons. The average Bonchev–Trinajstić information content (AvgIpc) is 3.14. The lowest BCUT2D eigenvalue weighted by molar-refractivity contribution is -0.0262. The number of aliphatic hydroxyl groups is 3. The maximum absolute atomic E-state index is 13.8. The van der Waals surface area contributed by atoms with E-state index in [1.165, 1.54) is 23.5 Å². The van der Waals surface area contributed by atoms with Gasteiger partial charge in [-0.3, -0.25) is 4.98 Å². The smallest absolute Gasteiger partial charge is 0.225 e. The molecule has 1 unspecified atom stereocenters. The first kappa shape index (κ1) is 24.1. The number of rotatable bonds is 6. The Morgan fingerprint density at radius 3 is 2.62 bits per heavy atom. The van der Waals surface area contributed by atoms with E-state index < -0.39 is 23.9 Å². The molecule has 11 heteroatoms. The molecule has 0 spiro atoms. The molecule has 2 aliphatic rings. The third-order valence-corrected chi connectivity index (χ3v) is 8.55. The fraction of sp³-hybridized carbons (Fsp3) is 0.385. The number of benzene rings is 1. The summed E-state index contributed by atoms with van der Waals surface area (Å²) in [4.78, 5) is 18.6. The van der Waals surface area contributed by atoms with Crippen LogP contribution in [0.1, 0.15) is 36.3 Å². The van der Waals surface area contributed by atoms with Crippen molar-refractivity contribution in [3.05, 3.63) is 59.3 Å². The number of halogens is 1. The van der Waals surface area contributed by atoms with Gasteiger partial charge in [-0.25, -0.2) is 14.4 Å². The molecule has 9 nitrogen and oxygen atoms in total. The normalized spacial score (nSPS) is 27.2. The Bertz CT molecular complexity index is 1520. The minimum Gasteiger partial charge on any atom is -0.390 e. The second kappa shape index (κ2) is 8.66. The van der Waals surface area contributed by atoms with Crippen molar-refractivity contribution in [2.75, 3.05) is 10.6 Å². The van der Waals surface area contributed by atoms with E-state index in [0.717, 1.165) is 21.5 Å². The number of thiazole rings is 1.